The van der Waals surface area contributed by atoms with Crippen LogP contribution in [0.5, 0.6) is 0 Å². The van der Waals surface area contributed by atoms with Gasteiger partial charge in [0.05, 0.1) is 12.0 Å². The first-order chi connectivity index (χ1) is 16.5. The Morgan fingerprint density at radius 2 is 1.89 bits per heavy atom. The minimum atomic E-state index is -3.70. The van der Waals surface area contributed by atoms with Crippen LogP contribution in [0.2, 0.25) is 5.02 Å². The maximum Gasteiger partial charge on any atom is 0.305 e. The van der Waals surface area contributed by atoms with E-state index in [-0.39, 0.29) is 35.2 Å². The summed E-state index contributed by atoms with van der Waals surface area (Å²) in [4.78, 5) is 25.2. The van der Waals surface area contributed by atoms with Crippen LogP contribution in [-0.2, 0) is 38.8 Å². The van der Waals surface area contributed by atoms with Gasteiger partial charge in [0.1, 0.15) is 0 Å². The predicted molar refractivity (Wildman–Crippen MR) is 139 cm³/mol. The summed E-state index contributed by atoms with van der Waals surface area (Å²) in [5, 5.41) is 0.466. The van der Waals surface area contributed by atoms with Crippen molar-refractivity contribution in [3.8, 4) is 0 Å². The average molecular weight is 539 g/mol. The van der Waals surface area contributed by atoms with Crippen LogP contribution < -0.4 is 4.72 Å². The van der Waals surface area contributed by atoms with Crippen molar-refractivity contribution in [2.45, 2.75) is 56.9 Å². The topological polar surface area (TPSA) is 92.8 Å². The first-order valence-corrected chi connectivity index (χ1v) is 13.8. The maximum absolute atomic E-state index is 13.2. The number of thiol groups is 1. The molecular weight excluding hydrogens is 508 g/mol. The Balaban J connectivity index is 1.87. The van der Waals surface area contributed by atoms with Crippen LogP contribution in [0.3, 0.4) is 0 Å². The van der Waals surface area contributed by atoms with Crippen LogP contribution in [0.1, 0.15) is 53.7 Å². The second-order valence-corrected chi connectivity index (χ2v) is 11.7. The van der Waals surface area contributed by atoms with Crippen LogP contribution in [0.15, 0.2) is 41.3 Å². The largest absolute Gasteiger partial charge is 0.469 e. The first kappa shape index (κ1) is 27.5. The van der Waals surface area contributed by atoms with Gasteiger partial charge in [-0.3, -0.25) is 13.9 Å². The zero-order valence-electron chi connectivity index (χ0n) is 20.1. The number of ether oxygens (including phenoxy) is 1. The number of esters is 1. The van der Waals surface area contributed by atoms with Crippen molar-refractivity contribution >= 4 is 46.3 Å². The normalized spacial score (nSPS) is 15.5. The standard InChI is InChI=1S/C25H31ClN2O5S2/c1-16(2)15-28(34)25(30)23-10-4-17-14-19(7-11-21(17)22(23)12-13-24(29)33-3)27-35(31,32)20-8-5-18(26)6-9-20/h4-6,8-10,16,19,27,34H,7,11-15H2,1-3H3. The minimum Gasteiger partial charge on any atom is -0.469 e. The molecule has 1 amide bonds. The summed E-state index contributed by atoms with van der Waals surface area (Å²) in [6.07, 6.45) is 2.15. The molecule has 10 heteroatoms. The van der Waals surface area contributed by atoms with Crippen molar-refractivity contribution in [3.63, 3.8) is 0 Å². The van der Waals surface area contributed by atoms with Crippen LogP contribution in [-0.4, -0.2) is 44.3 Å². The van der Waals surface area contributed by atoms with E-state index in [1.54, 1.807) is 18.2 Å². The smallest absolute Gasteiger partial charge is 0.305 e. The Hall–Kier alpha value is -2.07. The molecule has 0 aromatic heterocycles. The lowest BCUT2D eigenvalue weighted by molar-refractivity contribution is -0.140. The molecular formula is C25H31ClN2O5S2. The van der Waals surface area contributed by atoms with Gasteiger partial charge in [-0.05, 0) is 78.6 Å². The molecule has 1 aliphatic rings. The first-order valence-electron chi connectivity index (χ1n) is 11.5. The second-order valence-electron chi connectivity index (χ2n) is 9.10. The summed E-state index contributed by atoms with van der Waals surface area (Å²) in [5.74, 6) is -0.312. The van der Waals surface area contributed by atoms with Crippen molar-refractivity contribution in [2.75, 3.05) is 13.7 Å². The van der Waals surface area contributed by atoms with Gasteiger partial charge in [-0.15, -0.1) is 0 Å². The molecule has 0 spiro atoms. The Bertz CT molecular complexity index is 1180. The lowest BCUT2D eigenvalue weighted by Gasteiger charge is -2.29. The Morgan fingerprint density at radius 3 is 2.51 bits per heavy atom. The molecule has 0 saturated carbocycles. The van der Waals surface area contributed by atoms with Gasteiger partial charge in [0.25, 0.3) is 5.91 Å². The average Bonchev–Trinajstić information content (AvgIpc) is 2.81. The fraction of sp³-hybridized carbons (Fsp3) is 0.440. The van der Waals surface area contributed by atoms with Crippen molar-refractivity contribution in [1.82, 2.24) is 9.03 Å². The summed E-state index contributed by atoms with van der Waals surface area (Å²) >= 11 is 10.3. The third-order valence-corrected chi connectivity index (χ3v) is 8.13. The zero-order chi connectivity index (χ0) is 25.8. The van der Waals surface area contributed by atoms with E-state index in [0.29, 0.717) is 42.8 Å². The summed E-state index contributed by atoms with van der Waals surface area (Å²) in [7, 11) is -2.36. The van der Waals surface area contributed by atoms with E-state index in [1.807, 2.05) is 19.9 Å². The Morgan fingerprint density at radius 1 is 1.20 bits per heavy atom. The van der Waals surface area contributed by atoms with Crippen LogP contribution in [0, 0.1) is 5.92 Å². The molecule has 0 heterocycles. The number of carbonyl (C=O) groups excluding carboxylic acids is 2. The van der Waals surface area contributed by atoms with Crippen molar-refractivity contribution in [3.05, 3.63) is 63.7 Å². The maximum atomic E-state index is 13.2. The summed E-state index contributed by atoms with van der Waals surface area (Å²) < 4.78 is 34.7. The molecule has 2 aromatic carbocycles. The summed E-state index contributed by atoms with van der Waals surface area (Å²) in [6, 6.07) is 9.39. The molecule has 7 nitrogen and oxygen atoms in total. The monoisotopic (exact) mass is 538 g/mol. The number of methoxy groups -OCH3 is 1. The lowest BCUT2D eigenvalue weighted by Crippen LogP contribution is -2.39. The fourth-order valence-corrected chi connectivity index (χ4v) is 6.15. The van der Waals surface area contributed by atoms with Crippen LogP contribution in [0.25, 0.3) is 0 Å². The number of fused-ring (bicyclic) bond motifs is 1. The third-order valence-electron chi connectivity index (χ3n) is 5.99. The van der Waals surface area contributed by atoms with Gasteiger partial charge in [0.2, 0.25) is 10.0 Å². The quantitative estimate of drug-likeness (QED) is 0.368. The number of sulfonamides is 1. The Labute approximate surface area is 217 Å². The van der Waals surface area contributed by atoms with Gasteiger partial charge in [0.15, 0.2) is 0 Å². The number of carbonyl (C=O) groups is 2. The zero-order valence-corrected chi connectivity index (χ0v) is 22.6. The number of hydrogen-bond acceptors (Lipinski definition) is 6. The van der Waals surface area contributed by atoms with Crippen LogP contribution >= 0.6 is 24.4 Å². The molecule has 1 atom stereocenters. The highest BCUT2D eigenvalue weighted by Gasteiger charge is 2.28. The van der Waals surface area contributed by atoms with E-state index in [1.165, 1.54) is 23.5 Å². The van der Waals surface area contributed by atoms with E-state index in [2.05, 4.69) is 17.5 Å². The molecule has 2 aromatic rings. The van der Waals surface area contributed by atoms with Crippen molar-refractivity contribution < 1.29 is 22.7 Å². The molecule has 190 valence electrons. The number of amides is 1. The fourth-order valence-electron chi connectivity index (χ4n) is 4.31. The number of nitrogens with one attached hydrogen (secondary N) is 1. The predicted octanol–water partition coefficient (Wildman–Crippen LogP) is 4.22. The molecule has 0 saturated heterocycles. The highest BCUT2D eigenvalue weighted by molar-refractivity contribution is 7.89. The summed E-state index contributed by atoms with van der Waals surface area (Å²) in [6.45, 7) is 4.50. The molecule has 0 aliphatic heterocycles. The molecule has 1 aliphatic carbocycles. The van der Waals surface area contributed by atoms with Gasteiger partial charge >= 0.3 is 5.97 Å². The van der Waals surface area contributed by atoms with Gasteiger partial charge in [-0.25, -0.2) is 13.1 Å². The molecule has 0 radical (unpaired) electrons. The van der Waals surface area contributed by atoms with Crippen molar-refractivity contribution in [2.24, 2.45) is 5.92 Å². The molecule has 1 unspecified atom stereocenters. The number of benzene rings is 2. The number of hydrogen-bond donors (Lipinski definition) is 2. The van der Waals surface area contributed by atoms with Crippen molar-refractivity contribution in [1.29, 1.82) is 0 Å². The lowest BCUT2D eigenvalue weighted by atomic mass is 9.82. The third kappa shape index (κ3) is 7.00. The molecule has 35 heavy (non-hydrogen) atoms. The van der Waals surface area contributed by atoms with E-state index in [0.717, 1.165) is 16.7 Å². The van der Waals surface area contributed by atoms with Gasteiger partial charge in [0, 0.05) is 29.6 Å². The molecule has 0 fully saturated rings. The van der Waals surface area contributed by atoms with E-state index < -0.39 is 10.0 Å². The molecule has 3 rings (SSSR count). The van der Waals surface area contributed by atoms with Gasteiger partial charge < -0.3 is 4.74 Å². The Kier molecular flexibility index (Phi) is 9.26. The highest BCUT2D eigenvalue weighted by atomic mass is 35.5. The summed E-state index contributed by atoms with van der Waals surface area (Å²) in [5.41, 5.74) is 3.28. The van der Waals surface area contributed by atoms with Gasteiger partial charge in [-0.1, -0.05) is 44.3 Å². The van der Waals surface area contributed by atoms with Crippen LogP contribution in [0.4, 0.5) is 0 Å². The van der Waals surface area contributed by atoms with E-state index in [9.17, 15) is 18.0 Å². The van der Waals surface area contributed by atoms with E-state index in [4.69, 9.17) is 16.3 Å². The minimum absolute atomic E-state index is 0.149. The molecule has 1 N–H and O–H groups in total. The highest BCUT2D eigenvalue weighted by Crippen LogP contribution is 2.30. The number of rotatable bonds is 9. The van der Waals surface area contributed by atoms with E-state index >= 15 is 0 Å². The number of nitrogens with zero attached hydrogens (tertiary/aromatic N) is 1. The van der Waals surface area contributed by atoms with Gasteiger partial charge in [-0.2, -0.15) is 0 Å². The number of halogens is 1. The molecule has 0 bridgehead atoms. The SMILES string of the molecule is COC(=O)CCc1c(C(=O)N(S)CC(C)C)ccc2c1CCC(NS(=O)(=O)c1ccc(Cl)cc1)C2. The second kappa shape index (κ2) is 11.8.